The normalized spacial score (nSPS) is 10.6. The van der Waals surface area contributed by atoms with Crippen molar-refractivity contribution in [2.24, 2.45) is 0 Å². The van der Waals surface area contributed by atoms with Crippen molar-refractivity contribution in [1.29, 1.82) is 0 Å². The molecule has 1 aromatic carbocycles. The van der Waals surface area contributed by atoms with Crippen LogP contribution in [0.25, 0.3) is 5.65 Å². The standard InChI is InChI=1S/C18H18N4O3/c1-12-8-13(2)22-17(21-12)15(9-20-22)18(24)19-10-16(23)25-11-14-6-4-3-5-7-14/h3-9H,10-11H2,1-2H3,(H,19,24). The zero-order valence-electron chi connectivity index (χ0n) is 14.0. The summed E-state index contributed by atoms with van der Waals surface area (Å²) >= 11 is 0. The fraction of sp³-hybridized carbons (Fsp3) is 0.222. The van der Waals surface area contributed by atoms with E-state index in [1.807, 2.05) is 50.2 Å². The molecule has 128 valence electrons. The van der Waals surface area contributed by atoms with Crippen molar-refractivity contribution in [1.82, 2.24) is 19.9 Å². The molecule has 2 heterocycles. The Balaban J connectivity index is 1.60. The van der Waals surface area contributed by atoms with Crippen molar-refractivity contribution in [3.8, 4) is 0 Å². The predicted octanol–water partition coefficient (Wildman–Crippen LogP) is 1.82. The van der Waals surface area contributed by atoms with Gasteiger partial charge in [-0.3, -0.25) is 9.59 Å². The van der Waals surface area contributed by atoms with Gasteiger partial charge in [0.1, 0.15) is 18.7 Å². The van der Waals surface area contributed by atoms with E-state index in [2.05, 4.69) is 15.4 Å². The Labute approximate surface area is 144 Å². The highest BCUT2D eigenvalue weighted by Crippen LogP contribution is 2.11. The smallest absolute Gasteiger partial charge is 0.325 e. The number of aromatic nitrogens is 3. The van der Waals surface area contributed by atoms with Gasteiger partial charge in [-0.15, -0.1) is 0 Å². The Morgan fingerprint density at radius 3 is 2.72 bits per heavy atom. The number of esters is 1. The van der Waals surface area contributed by atoms with Crippen LogP contribution < -0.4 is 5.32 Å². The van der Waals surface area contributed by atoms with Gasteiger partial charge in [-0.1, -0.05) is 30.3 Å². The van der Waals surface area contributed by atoms with E-state index in [0.717, 1.165) is 17.0 Å². The molecular weight excluding hydrogens is 320 g/mol. The SMILES string of the molecule is Cc1cc(C)n2ncc(C(=O)NCC(=O)OCc3ccccc3)c2n1. The maximum absolute atomic E-state index is 12.3. The number of nitrogens with zero attached hydrogens (tertiary/aromatic N) is 3. The van der Waals surface area contributed by atoms with Gasteiger partial charge in [0.05, 0.1) is 6.20 Å². The lowest BCUT2D eigenvalue weighted by atomic mass is 10.2. The van der Waals surface area contributed by atoms with E-state index in [9.17, 15) is 9.59 Å². The van der Waals surface area contributed by atoms with Gasteiger partial charge >= 0.3 is 5.97 Å². The maximum atomic E-state index is 12.3. The second-order valence-corrected chi connectivity index (χ2v) is 5.66. The Morgan fingerprint density at radius 1 is 1.20 bits per heavy atom. The first-order valence-electron chi connectivity index (χ1n) is 7.84. The number of fused-ring (bicyclic) bond motifs is 1. The van der Waals surface area contributed by atoms with E-state index >= 15 is 0 Å². The van der Waals surface area contributed by atoms with E-state index < -0.39 is 11.9 Å². The molecule has 0 atom stereocenters. The molecule has 0 saturated heterocycles. The predicted molar refractivity (Wildman–Crippen MR) is 91.0 cm³/mol. The summed E-state index contributed by atoms with van der Waals surface area (Å²) in [7, 11) is 0. The van der Waals surface area contributed by atoms with E-state index in [1.54, 1.807) is 4.52 Å². The molecule has 7 heteroatoms. The quantitative estimate of drug-likeness (QED) is 0.717. The van der Waals surface area contributed by atoms with Crippen LogP contribution in [0.4, 0.5) is 0 Å². The van der Waals surface area contributed by atoms with Crippen molar-refractivity contribution >= 4 is 17.5 Å². The first kappa shape index (κ1) is 16.6. The molecule has 1 N–H and O–H groups in total. The van der Waals surface area contributed by atoms with Gasteiger partial charge in [0.15, 0.2) is 5.65 Å². The summed E-state index contributed by atoms with van der Waals surface area (Å²) in [6.07, 6.45) is 1.44. The minimum Gasteiger partial charge on any atom is -0.460 e. The molecule has 0 spiro atoms. The van der Waals surface area contributed by atoms with Gasteiger partial charge in [0.25, 0.3) is 5.91 Å². The van der Waals surface area contributed by atoms with Crippen LogP contribution in [0.3, 0.4) is 0 Å². The summed E-state index contributed by atoms with van der Waals surface area (Å²) in [6.45, 7) is 3.69. The molecular formula is C18H18N4O3. The fourth-order valence-corrected chi connectivity index (χ4v) is 2.47. The van der Waals surface area contributed by atoms with Crippen molar-refractivity contribution in [3.05, 3.63) is 65.1 Å². The fourth-order valence-electron chi connectivity index (χ4n) is 2.47. The third-order valence-corrected chi connectivity index (χ3v) is 3.66. The molecule has 1 amide bonds. The summed E-state index contributed by atoms with van der Waals surface area (Å²) in [4.78, 5) is 28.4. The zero-order chi connectivity index (χ0) is 17.8. The first-order chi connectivity index (χ1) is 12.0. The monoisotopic (exact) mass is 338 g/mol. The number of benzene rings is 1. The number of hydrogen-bond donors (Lipinski definition) is 1. The summed E-state index contributed by atoms with van der Waals surface area (Å²) < 4.78 is 6.72. The van der Waals surface area contributed by atoms with Crippen molar-refractivity contribution in [2.75, 3.05) is 6.54 Å². The van der Waals surface area contributed by atoms with Crippen LogP contribution in [-0.2, 0) is 16.1 Å². The van der Waals surface area contributed by atoms with Gasteiger partial charge in [-0.05, 0) is 25.5 Å². The van der Waals surface area contributed by atoms with Crippen molar-refractivity contribution in [3.63, 3.8) is 0 Å². The van der Waals surface area contributed by atoms with E-state index in [-0.39, 0.29) is 13.2 Å². The second kappa shape index (κ2) is 7.12. The van der Waals surface area contributed by atoms with Crippen LogP contribution in [0.15, 0.2) is 42.6 Å². The number of amides is 1. The molecule has 0 aliphatic heterocycles. The summed E-state index contributed by atoms with van der Waals surface area (Å²) in [6, 6.07) is 11.2. The molecule has 0 aliphatic carbocycles. The topological polar surface area (TPSA) is 85.6 Å². The highest BCUT2D eigenvalue weighted by molar-refractivity contribution is 6.00. The molecule has 3 rings (SSSR count). The number of rotatable bonds is 5. The highest BCUT2D eigenvalue weighted by Gasteiger charge is 2.16. The highest BCUT2D eigenvalue weighted by atomic mass is 16.5. The maximum Gasteiger partial charge on any atom is 0.325 e. The number of nitrogens with one attached hydrogen (secondary N) is 1. The largest absolute Gasteiger partial charge is 0.460 e. The van der Waals surface area contributed by atoms with Gasteiger partial charge in [0.2, 0.25) is 0 Å². The Morgan fingerprint density at radius 2 is 1.96 bits per heavy atom. The molecule has 0 radical (unpaired) electrons. The Kier molecular flexibility index (Phi) is 4.74. The molecule has 0 unspecified atom stereocenters. The molecule has 0 fully saturated rings. The molecule has 0 bridgehead atoms. The van der Waals surface area contributed by atoms with E-state index in [4.69, 9.17) is 4.74 Å². The number of ether oxygens (including phenoxy) is 1. The van der Waals surface area contributed by atoms with E-state index in [0.29, 0.717) is 11.2 Å². The van der Waals surface area contributed by atoms with Crippen molar-refractivity contribution in [2.45, 2.75) is 20.5 Å². The number of carbonyl (C=O) groups excluding carboxylic acids is 2. The van der Waals surface area contributed by atoms with Crippen LogP contribution in [0.1, 0.15) is 27.3 Å². The third kappa shape index (κ3) is 3.82. The average Bonchev–Trinajstić information content (AvgIpc) is 3.03. The first-order valence-corrected chi connectivity index (χ1v) is 7.84. The number of carbonyl (C=O) groups is 2. The van der Waals surface area contributed by atoms with E-state index in [1.165, 1.54) is 6.20 Å². The summed E-state index contributed by atoms with van der Waals surface area (Å²) in [5.41, 5.74) is 3.35. The number of hydrogen-bond acceptors (Lipinski definition) is 5. The third-order valence-electron chi connectivity index (χ3n) is 3.66. The number of aryl methyl sites for hydroxylation is 2. The van der Waals surface area contributed by atoms with Crippen LogP contribution >= 0.6 is 0 Å². The lowest BCUT2D eigenvalue weighted by molar-refractivity contribution is -0.143. The van der Waals surface area contributed by atoms with Crippen molar-refractivity contribution < 1.29 is 14.3 Å². The zero-order valence-corrected chi connectivity index (χ0v) is 14.0. The minimum absolute atomic E-state index is 0.173. The minimum atomic E-state index is -0.506. The Bertz CT molecular complexity index is 919. The lowest BCUT2D eigenvalue weighted by Crippen LogP contribution is -2.30. The second-order valence-electron chi connectivity index (χ2n) is 5.66. The van der Waals surface area contributed by atoms with Crippen LogP contribution in [0.2, 0.25) is 0 Å². The van der Waals surface area contributed by atoms with Gasteiger partial charge in [0, 0.05) is 11.4 Å². The molecule has 3 aromatic rings. The molecule has 0 saturated carbocycles. The van der Waals surface area contributed by atoms with Gasteiger partial charge < -0.3 is 10.1 Å². The average molecular weight is 338 g/mol. The van der Waals surface area contributed by atoms with Crippen LogP contribution in [0, 0.1) is 13.8 Å². The molecule has 2 aromatic heterocycles. The Hall–Kier alpha value is -3.22. The lowest BCUT2D eigenvalue weighted by Gasteiger charge is -2.06. The molecule has 25 heavy (non-hydrogen) atoms. The van der Waals surface area contributed by atoms with Gasteiger partial charge in [-0.25, -0.2) is 9.50 Å². The summed E-state index contributed by atoms with van der Waals surface area (Å²) in [5, 5.41) is 6.71. The van der Waals surface area contributed by atoms with Crippen LogP contribution in [-0.4, -0.2) is 33.0 Å². The molecule has 0 aliphatic rings. The summed E-state index contributed by atoms with van der Waals surface area (Å²) in [5.74, 6) is -0.918. The van der Waals surface area contributed by atoms with Gasteiger partial charge in [-0.2, -0.15) is 5.10 Å². The molecule has 7 nitrogen and oxygen atoms in total. The van der Waals surface area contributed by atoms with Crippen LogP contribution in [0.5, 0.6) is 0 Å².